The summed E-state index contributed by atoms with van der Waals surface area (Å²) in [6.45, 7) is 7.63. The fourth-order valence-electron chi connectivity index (χ4n) is 3.60. The third kappa shape index (κ3) is 9.03. The first-order valence-electron chi connectivity index (χ1n) is 11.1. The molecule has 0 saturated heterocycles. The fourth-order valence-corrected chi connectivity index (χ4v) is 3.60. The van der Waals surface area contributed by atoms with Crippen LogP contribution in [-0.4, -0.2) is 51.8 Å². The highest BCUT2D eigenvalue weighted by atomic mass is 16.5. The molecular weight excluding hydrogens is 380 g/mol. The zero-order valence-corrected chi connectivity index (χ0v) is 18.8. The lowest BCUT2D eigenvalue weighted by Crippen LogP contribution is -2.41. The van der Waals surface area contributed by atoms with E-state index in [0.717, 1.165) is 29.4 Å². The van der Waals surface area contributed by atoms with Crippen molar-refractivity contribution in [3.63, 3.8) is 0 Å². The molecule has 2 rings (SSSR count). The number of nitrogens with zero attached hydrogens (tertiary/aromatic N) is 1. The molecule has 0 radical (unpaired) electrons. The topological polar surface area (TPSA) is 84.0 Å². The third-order valence-electron chi connectivity index (χ3n) is 5.21. The van der Waals surface area contributed by atoms with Gasteiger partial charge in [-0.2, -0.15) is 0 Å². The number of hydrogen-bond donors (Lipinski definition) is 3. The van der Waals surface area contributed by atoms with Crippen molar-refractivity contribution in [2.45, 2.75) is 52.5 Å². The Balaban J connectivity index is 1.81. The fraction of sp³-hybridized carbons (Fsp3) is 0.652. The quantitative estimate of drug-likeness (QED) is 0.276. The van der Waals surface area contributed by atoms with Crippen molar-refractivity contribution >= 4 is 11.9 Å². The van der Waals surface area contributed by atoms with Crippen LogP contribution >= 0.6 is 0 Å². The van der Waals surface area contributed by atoms with E-state index in [1.165, 1.54) is 25.7 Å². The van der Waals surface area contributed by atoms with Gasteiger partial charge < -0.3 is 25.4 Å². The molecule has 7 heteroatoms. The van der Waals surface area contributed by atoms with Crippen LogP contribution in [0.25, 0.3) is 0 Å². The molecule has 3 N–H and O–H groups in total. The zero-order valence-electron chi connectivity index (χ0n) is 18.8. The van der Waals surface area contributed by atoms with Crippen molar-refractivity contribution in [3.05, 3.63) is 29.3 Å². The van der Waals surface area contributed by atoms with Crippen LogP contribution in [0.5, 0.6) is 5.75 Å². The van der Waals surface area contributed by atoms with Gasteiger partial charge in [0.1, 0.15) is 12.4 Å². The van der Waals surface area contributed by atoms with Gasteiger partial charge in [0.05, 0.1) is 13.2 Å². The van der Waals surface area contributed by atoms with Crippen LogP contribution < -0.4 is 20.7 Å². The maximum Gasteiger partial charge on any atom is 0.220 e. The molecule has 168 valence electrons. The highest BCUT2D eigenvalue weighted by Crippen LogP contribution is 2.27. The number of amides is 1. The molecule has 1 aromatic carbocycles. The number of aliphatic imine (C=N–C) groups is 1. The second-order valence-corrected chi connectivity index (χ2v) is 7.78. The number of ether oxygens (including phenoxy) is 2. The van der Waals surface area contributed by atoms with Crippen LogP contribution in [0.4, 0.5) is 0 Å². The molecule has 0 bridgehead atoms. The Kier molecular flexibility index (Phi) is 11.1. The number of carbonyl (C=O) groups is 1. The van der Waals surface area contributed by atoms with E-state index >= 15 is 0 Å². The number of nitrogens with one attached hydrogen (secondary N) is 3. The van der Waals surface area contributed by atoms with Gasteiger partial charge in [0.25, 0.3) is 0 Å². The standard InChI is InChI=1S/C23H38N4O3/c1-4-24-23(26-12-11-25-22(28)16-19-7-5-6-8-19)27-17-20-10-9-18(2)15-21(20)30-14-13-29-3/h9-10,15,19H,4-8,11-14,16-17H2,1-3H3,(H,25,28)(H2,24,26,27). The first kappa shape index (κ1) is 24.0. The van der Waals surface area contributed by atoms with Gasteiger partial charge in [-0.15, -0.1) is 0 Å². The van der Waals surface area contributed by atoms with E-state index in [2.05, 4.69) is 27.0 Å². The number of benzene rings is 1. The number of guanidine groups is 1. The summed E-state index contributed by atoms with van der Waals surface area (Å²) in [5.74, 6) is 2.30. The Morgan fingerprint density at radius 1 is 1.13 bits per heavy atom. The van der Waals surface area contributed by atoms with Crippen molar-refractivity contribution in [2.24, 2.45) is 10.9 Å². The lowest BCUT2D eigenvalue weighted by atomic mass is 10.0. The number of carbonyl (C=O) groups excluding carboxylic acids is 1. The van der Waals surface area contributed by atoms with Crippen molar-refractivity contribution in [3.8, 4) is 5.75 Å². The van der Waals surface area contributed by atoms with E-state index in [1.807, 2.05) is 26.0 Å². The van der Waals surface area contributed by atoms with Gasteiger partial charge in [-0.3, -0.25) is 4.79 Å². The van der Waals surface area contributed by atoms with Gasteiger partial charge in [0.15, 0.2) is 5.96 Å². The number of aryl methyl sites for hydroxylation is 1. The summed E-state index contributed by atoms with van der Waals surface area (Å²) >= 11 is 0. The second-order valence-electron chi connectivity index (χ2n) is 7.78. The number of methoxy groups -OCH3 is 1. The predicted molar refractivity (Wildman–Crippen MR) is 121 cm³/mol. The summed E-state index contributed by atoms with van der Waals surface area (Å²) in [4.78, 5) is 16.7. The highest BCUT2D eigenvalue weighted by Gasteiger charge is 2.17. The first-order valence-corrected chi connectivity index (χ1v) is 11.1. The van der Waals surface area contributed by atoms with E-state index in [1.54, 1.807) is 7.11 Å². The highest BCUT2D eigenvalue weighted by molar-refractivity contribution is 5.80. The van der Waals surface area contributed by atoms with Gasteiger partial charge in [0.2, 0.25) is 5.91 Å². The maximum absolute atomic E-state index is 12.0. The van der Waals surface area contributed by atoms with Crippen LogP contribution in [-0.2, 0) is 16.1 Å². The van der Waals surface area contributed by atoms with Crippen molar-refractivity contribution in [1.29, 1.82) is 0 Å². The van der Waals surface area contributed by atoms with Gasteiger partial charge in [-0.05, 0) is 44.2 Å². The molecule has 0 heterocycles. The Morgan fingerprint density at radius 3 is 2.63 bits per heavy atom. The average Bonchev–Trinajstić information content (AvgIpc) is 3.23. The molecule has 1 aromatic rings. The molecule has 1 amide bonds. The molecule has 1 aliphatic carbocycles. The van der Waals surface area contributed by atoms with Crippen molar-refractivity contribution in [1.82, 2.24) is 16.0 Å². The van der Waals surface area contributed by atoms with Crippen LogP contribution in [0.3, 0.4) is 0 Å². The molecule has 0 unspecified atom stereocenters. The Morgan fingerprint density at radius 2 is 1.90 bits per heavy atom. The molecule has 1 saturated carbocycles. The Labute approximate surface area is 181 Å². The molecule has 30 heavy (non-hydrogen) atoms. The summed E-state index contributed by atoms with van der Waals surface area (Å²) in [7, 11) is 1.66. The normalized spacial score (nSPS) is 14.6. The number of rotatable bonds is 12. The van der Waals surface area contributed by atoms with Crippen LogP contribution in [0.15, 0.2) is 23.2 Å². The minimum Gasteiger partial charge on any atom is -0.491 e. The average molecular weight is 419 g/mol. The zero-order chi connectivity index (χ0) is 21.6. The smallest absolute Gasteiger partial charge is 0.220 e. The Bertz CT molecular complexity index is 672. The minimum atomic E-state index is 0.156. The molecule has 7 nitrogen and oxygen atoms in total. The Hall–Kier alpha value is -2.28. The van der Waals surface area contributed by atoms with Gasteiger partial charge in [-0.1, -0.05) is 25.0 Å². The van der Waals surface area contributed by atoms with E-state index in [4.69, 9.17) is 9.47 Å². The summed E-state index contributed by atoms with van der Waals surface area (Å²) in [6.07, 6.45) is 5.58. The molecule has 1 aliphatic rings. The summed E-state index contributed by atoms with van der Waals surface area (Å²) in [5, 5.41) is 9.54. The lowest BCUT2D eigenvalue weighted by molar-refractivity contribution is -0.121. The van der Waals surface area contributed by atoms with E-state index in [9.17, 15) is 4.79 Å². The third-order valence-corrected chi connectivity index (χ3v) is 5.21. The molecule has 0 spiro atoms. The van der Waals surface area contributed by atoms with Gasteiger partial charge in [-0.25, -0.2) is 4.99 Å². The van der Waals surface area contributed by atoms with Gasteiger partial charge >= 0.3 is 0 Å². The lowest BCUT2D eigenvalue weighted by Gasteiger charge is -2.14. The summed E-state index contributed by atoms with van der Waals surface area (Å²) < 4.78 is 10.9. The van der Waals surface area contributed by atoms with Crippen LogP contribution in [0.1, 0.15) is 50.2 Å². The number of hydrogen-bond acceptors (Lipinski definition) is 4. The van der Waals surface area contributed by atoms with Gasteiger partial charge in [0, 0.05) is 38.7 Å². The predicted octanol–water partition coefficient (Wildman–Crippen LogP) is 2.77. The minimum absolute atomic E-state index is 0.156. The summed E-state index contributed by atoms with van der Waals surface area (Å²) in [6, 6.07) is 6.14. The van der Waals surface area contributed by atoms with Crippen molar-refractivity contribution in [2.75, 3.05) is 40.0 Å². The van der Waals surface area contributed by atoms with E-state index < -0.39 is 0 Å². The molecular formula is C23H38N4O3. The van der Waals surface area contributed by atoms with Crippen LogP contribution in [0, 0.1) is 12.8 Å². The molecule has 0 aromatic heterocycles. The largest absolute Gasteiger partial charge is 0.491 e. The first-order chi connectivity index (χ1) is 14.6. The summed E-state index contributed by atoms with van der Waals surface area (Å²) in [5.41, 5.74) is 2.17. The monoisotopic (exact) mass is 418 g/mol. The van der Waals surface area contributed by atoms with E-state index in [-0.39, 0.29) is 5.91 Å². The SMILES string of the molecule is CCNC(=NCc1ccc(C)cc1OCCOC)NCCNC(=O)CC1CCCC1. The van der Waals surface area contributed by atoms with E-state index in [0.29, 0.717) is 45.2 Å². The van der Waals surface area contributed by atoms with Crippen LogP contribution in [0.2, 0.25) is 0 Å². The maximum atomic E-state index is 12.0. The molecule has 1 fully saturated rings. The molecule has 0 aliphatic heterocycles. The second kappa shape index (κ2) is 13.9. The molecule has 0 atom stereocenters. The van der Waals surface area contributed by atoms with Crippen molar-refractivity contribution < 1.29 is 14.3 Å².